The summed E-state index contributed by atoms with van der Waals surface area (Å²) in [6.45, 7) is 12.5. The Morgan fingerprint density at radius 3 is 2.55 bits per heavy atom. The molecule has 2 rings (SSSR count). The first-order chi connectivity index (χ1) is 14.0. The van der Waals surface area contributed by atoms with Crippen molar-refractivity contribution >= 4 is 17.6 Å². The van der Waals surface area contributed by atoms with Crippen LogP contribution in [0.15, 0.2) is 24.3 Å². The summed E-state index contributed by atoms with van der Waals surface area (Å²) in [5.74, 6) is 0.804. The van der Waals surface area contributed by atoms with Gasteiger partial charge < -0.3 is 25.2 Å². The topological polar surface area (TPSA) is 73.9 Å². The second-order valence-corrected chi connectivity index (χ2v) is 7.52. The molecule has 0 radical (unpaired) electrons. The fourth-order valence-corrected chi connectivity index (χ4v) is 3.63. The van der Waals surface area contributed by atoms with Crippen molar-refractivity contribution in [3.05, 3.63) is 24.3 Å². The van der Waals surface area contributed by atoms with Crippen LogP contribution in [-0.4, -0.2) is 61.7 Å². The summed E-state index contributed by atoms with van der Waals surface area (Å²) < 4.78 is 5.44. The van der Waals surface area contributed by atoms with Gasteiger partial charge in [0.25, 0.3) is 0 Å². The van der Waals surface area contributed by atoms with Crippen LogP contribution in [0.4, 0.5) is 10.5 Å². The van der Waals surface area contributed by atoms with Gasteiger partial charge in [-0.2, -0.15) is 0 Å². The van der Waals surface area contributed by atoms with Gasteiger partial charge in [-0.25, -0.2) is 4.79 Å². The molecule has 1 fully saturated rings. The molecule has 1 aromatic rings. The third kappa shape index (κ3) is 7.24. The highest BCUT2D eigenvalue weighted by molar-refractivity contribution is 5.96. The Labute approximate surface area is 174 Å². The van der Waals surface area contributed by atoms with Crippen molar-refractivity contribution in [3.8, 4) is 5.75 Å². The summed E-state index contributed by atoms with van der Waals surface area (Å²) in [5.41, 5.74) is 0.827. The van der Waals surface area contributed by atoms with Crippen LogP contribution in [0.3, 0.4) is 0 Å². The average Bonchev–Trinajstić information content (AvgIpc) is 3.06. The Balaban J connectivity index is 1.76. The molecule has 1 saturated heterocycles. The normalized spacial score (nSPS) is 17.5. The van der Waals surface area contributed by atoms with Gasteiger partial charge in [0.05, 0.1) is 12.6 Å². The van der Waals surface area contributed by atoms with E-state index in [0.717, 1.165) is 43.9 Å². The molecular formula is C22H36N4O3. The SMILES string of the molecule is CCOc1ccc(N2C[C@H](NC(=O)N[C@@H](C)CCCN(CC)CC)CC2=O)cc1. The second kappa shape index (κ2) is 11.7. The summed E-state index contributed by atoms with van der Waals surface area (Å²) in [4.78, 5) is 28.8. The number of hydrogen-bond acceptors (Lipinski definition) is 4. The maximum absolute atomic E-state index is 12.4. The van der Waals surface area contributed by atoms with E-state index in [1.54, 1.807) is 4.90 Å². The van der Waals surface area contributed by atoms with Crippen molar-refractivity contribution in [2.75, 3.05) is 37.7 Å². The molecule has 29 heavy (non-hydrogen) atoms. The highest BCUT2D eigenvalue weighted by Crippen LogP contribution is 2.24. The van der Waals surface area contributed by atoms with Gasteiger partial charge in [0.1, 0.15) is 5.75 Å². The zero-order valence-corrected chi connectivity index (χ0v) is 18.2. The molecule has 1 aromatic carbocycles. The van der Waals surface area contributed by atoms with E-state index in [2.05, 4.69) is 29.4 Å². The molecule has 0 spiro atoms. The highest BCUT2D eigenvalue weighted by atomic mass is 16.5. The predicted molar refractivity (Wildman–Crippen MR) is 117 cm³/mol. The summed E-state index contributed by atoms with van der Waals surface area (Å²) in [7, 11) is 0. The van der Waals surface area contributed by atoms with Gasteiger partial charge in [-0.15, -0.1) is 0 Å². The molecule has 7 heteroatoms. The van der Waals surface area contributed by atoms with Gasteiger partial charge in [-0.3, -0.25) is 4.79 Å². The number of carbonyl (C=O) groups is 2. The molecular weight excluding hydrogens is 368 g/mol. The van der Waals surface area contributed by atoms with Crippen LogP contribution in [0, 0.1) is 0 Å². The third-order valence-electron chi connectivity index (χ3n) is 5.30. The number of rotatable bonds is 11. The van der Waals surface area contributed by atoms with E-state index in [9.17, 15) is 9.59 Å². The molecule has 0 aromatic heterocycles. The van der Waals surface area contributed by atoms with Crippen molar-refractivity contribution in [2.45, 2.75) is 59.0 Å². The summed E-state index contributed by atoms with van der Waals surface area (Å²) >= 11 is 0. The Hall–Kier alpha value is -2.28. The molecule has 1 aliphatic heterocycles. The lowest BCUT2D eigenvalue weighted by molar-refractivity contribution is -0.117. The van der Waals surface area contributed by atoms with Crippen LogP contribution < -0.4 is 20.3 Å². The van der Waals surface area contributed by atoms with Crippen molar-refractivity contribution in [1.29, 1.82) is 0 Å². The van der Waals surface area contributed by atoms with Crippen LogP contribution in [0.25, 0.3) is 0 Å². The first kappa shape index (κ1) is 23.0. The van der Waals surface area contributed by atoms with E-state index in [-0.39, 0.29) is 24.0 Å². The second-order valence-electron chi connectivity index (χ2n) is 7.52. The van der Waals surface area contributed by atoms with Crippen LogP contribution in [0.5, 0.6) is 5.75 Å². The molecule has 2 N–H and O–H groups in total. The maximum atomic E-state index is 12.4. The van der Waals surface area contributed by atoms with Crippen molar-refractivity contribution in [1.82, 2.24) is 15.5 Å². The average molecular weight is 405 g/mol. The number of urea groups is 1. The minimum absolute atomic E-state index is 0.0201. The fourth-order valence-electron chi connectivity index (χ4n) is 3.63. The van der Waals surface area contributed by atoms with E-state index in [4.69, 9.17) is 4.74 Å². The highest BCUT2D eigenvalue weighted by Gasteiger charge is 2.31. The first-order valence-electron chi connectivity index (χ1n) is 10.8. The van der Waals surface area contributed by atoms with Crippen molar-refractivity contribution in [2.24, 2.45) is 0 Å². The number of carbonyl (C=O) groups excluding carboxylic acids is 2. The molecule has 162 valence electrons. The quantitative estimate of drug-likeness (QED) is 0.595. The largest absolute Gasteiger partial charge is 0.494 e. The molecule has 2 atom stereocenters. The Kier molecular flexibility index (Phi) is 9.25. The van der Waals surface area contributed by atoms with Crippen LogP contribution >= 0.6 is 0 Å². The van der Waals surface area contributed by atoms with E-state index >= 15 is 0 Å². The predicted octanol–water partition coefficient (Wildman–Crippen LogP) is 3.00. The first-order valence-corrected chi connectivity index (χ1v) is 10.8. The van der Waals surface area contributed by atoms with Gasteiger partial charge in [-0.1, -0.05) is 13.8 Å². The number of anilines is 1. The van der Waals surface area contributed by atoms with Gasteiger partial charge in [0.2, 0.25) is 5.91 Å². The molecule has 0 bridgehead atoms. The zero-order valence-electron chi connectivity index (χ0n) is 18.2. The number of nitrogens with zero attached hydrogens (tertiary/aromatic N) is 2. The Bertz CT molecular complexity index is 646. The van der Waals surface area contributed by atoms with Crippen LogP contribution in [0.1, 0.15) is 47.0 Å². The monoisotopic (exact) mass is 404 g/mol. The van der Waals surface area contributed by atoms with E-state index in [1.165, 1.54) is 0 Å². The Morgan fingerprint density at radius 1 is 1.24 bits per heavy atom. The smallest absolute Gasteiger partial charge is 0.315 e. The standard InChI is InChI=1S/C22H36N4O3/c1-5-25(6-2)14-8-9-17(4)23-22(28)24-18-15-21(27)26(16-18)19-10-12-20(13-11-19)29-7-3/h10-13,17-18H,5-9,14-16H2,1-4H3,(H2,23,24,28)/t17-,18+/m0/s1. The lowest BCUT2D eigenvalue weighted by atomic mass is 10.2. The maximum Gasteiger partial charge on any atom is 0.315 e. The minimum atomic E-state index is -0.202. The van der Waals surface area contributed by atoms with Crippen molar-refractivity contribution < 1.29 is 14.3 Å². The molecule has 7 nitrogen and oxygen atoms in total. The number of benzene rings is 1. The van der Waals surface area contributed by atoms with Crippen LogP contribution in [-0.2, 0) is 4.79 Å². The third-order valence-corrected chi connectivity index (χ3v) is 5.30. The van der Waals surface area contributed by atoms with Gasteiger partial charge in [0, 0.05) is 24.7 Å². The molecule has 0 aliphatic carbocycles. The van der Waals surface area contributed by atoms with Crippen molar-refractivity contribution in [3.63, 3.8) is 0 Å². The number of hydrogen-bond donors (Lipinski definition) is 2. The summed E-state index contributed by atoms with van der Waals surface area (Å²) in [6.07, 6.45) is 2.30. The summed E-state index contributed by atoms with van der Waals surface area (Å²) in [5, 5.41) is 5.94. The van der Waals surface area contributed by atoms with E-state index in [0.29, 0.717) is 19.6 Å². The molecule has 3 amide bonds. The molecule has 0 unspecified atom stereocenters. The molecule has 1 heterocycles. The lowest BCUT2D eigenvalue weighted by Crippen LogP contribution is -2.46. The van der Waals surface area contributed by atoms with E-state index < -0.39 is 0 Å². The Morgan fingerprint density at radius 2 is 1.93 bits per heavy atom. The minimum Gasteiger partial charge on any atom is -0.494 e. The van der Waals surface area contributed by atoms with Gasteiger partial charge >= 0.3 is 6.03 Å². The van der Waals surface area contributed by atoms with Gasteiger partial charge in [-0.05, 0) is 70.6 Å². The zero-order chi connectivity index (χ0) is 21.2. The lowest BCUT2D eigenvalue weighted by Gasteiger charge is -2.21. The summed E-state index contributed by atoms with van der Waals surface area (Å²) in [6, 6.07) is 7.19. The number of amides is 3. The molecule has 1 aliphatic rings. The van der Waals surface area contributed by atoms with Gasteiger partial charge in [0.15, 0.2) is 0 Å². The van der Waals surface area contributed by atoms with E-state index in [1.807, 2.05) is 38.1 Å². The van der Waals surface area contributed by atoms with Crippen LogP contribution in [0.2, 0.25) is 0 Å². The number of nitrogens with one attached hydrogen (secondary N) is 2. The molecule has 0 saturated carbocycles. The number of ether oxygens (including phenoxy) is 1. The fraction of sp³-hybridized carbons (Fsp3) is 0.636.